The second-order valence-electron chi connectivity index (χ2n) is 3.85. The number of anilines is 1. The van der Waals surface area contributed by atoms with Crippen molar-refractivity contribution in [3.05, 3.63) is 18.1 Å². The number of aromatic nitrogens is 2. The van der Waals surface area contributed by atoms with E-state index in [1.54, 1.807) is 0 Å². The number of nitrogens with zero attached hydrogens (tertiary/aromatic N) is 3. The van der Waals surface area contributed by atoms with E-state index in [4.69, 9.17) is 0 Å². The quantitative estimate of drug-likeness (QED) is 0.781. The molecule has 2 heterocycles. The van der Waals surface area contributed by atoms with Gasteiger partial charge in [-0.05, 0) is 12.8 Å². The minimum absolute atomic E-state index is 0.0319. The molecule has 0 aliphatic carbocycles. The molecule has 0 unspecified atom stereocenters. The molecule has 1 aromatic rings. The fourth-order valence-electron chi connectivity index (χ4n) is 1.81. The molecule has 3 nitrogen and oxygen atoms in total. The van der Waals surface area contributed by atoms with Gasteiger partial charge in [0, 0.05) is 19.2 Å². The number of hydrogen-bond acceptors (Lipinski definition) is 3. The summed E-state index contributed by atoms with van der Waals surface area (Å²) in [6.45, 7) is 1.73. The molecule has 6 heteroatoms. The lowest BCUT2D eigenvalue weighted by molar-refractivity contribution is -0.127. The summed E-state index contributed by atoms with van der Waals surface area (Å²) >= 11 is 0. The van der Waals surface area contributed by atoms with Crippen molar-refractivity contribution in [2.24, 2.45) is 0 Å². The van der Waals surface area contributed by atoms with Crippen LogP contribution in [-0.4, -0.2) is 29.2 Å². The summed E-state index contributed by atoms with van der Waals surface area (Å²) in [6.07, 6.45) is -1.86. The second-order valence-corrected chi connectivity index (χ2v) is 3.85. The van der Waals surface area contributed by atoms with Gasteiger partial charge in [-0.3, -0.25) is 0 Å². The third-order valence-electron chi connectivity index (χ3n) is 2.52. The molecule has 1 saturated heterocycles. The lowest BCUT2D eigenvalue weighted by Gasteiger charge is -2.16. The van der Waals surface area contributed by atoms with Crippen molar-refractivity contribution < 1.29 is 13.2 Å². The molecule has 0 N–H and O–H groups in total. The zero-order valence-electron chi connectivity index (χ0n) is 8.67. The first kappa shape index (κ1) is 11.2. The van der Waals surface area contributed by atoms with Gasteiger partial charge < -0.3 is 4.90 Å². The van der Waals surface area contributed by atoms with Crippen LogP contribution >= 0.6 is 0 Å². The molecular formula is C10H12F3N3. The molecule has 2 rings (SSSR count). The summed E-state index contributed by atoms with van der Waals surface area (Å²) in [4.78, 5) is 9.62. The van der Waals surface area contributed by atoms with E-state index in [9.17, 15) is 13.2 Å². The Kier molecular flexibility index (Phi) is 2.98. The van der Waals surface area contributed by atoms with Gasteiger partial charge in [-0.25, -0.2) is 9.97 Å². The highest BCUT2D eigenvalue weighted by molar-refractivity contribution is 5.39. The van der Waals surface area contributed by atoms with Crippen LogP contribution in [0.3, 0.4) is 0 Å². The van der Waals surface area contributed by atoms with Crippen molar-refractivity contribution >= 4 is 5.82 Å². The Morgan fingerprint density at radius 1 is 1.19 bits per heavy atom. The van der Waals surface area contributed by atoms with Crippen LogP contribution in [0.5, 0.6) is 0 Å². The summed E-state index contributed by atoms with van der Waals surface area (Å²) in [5.41, 5.74) is 0.0319. The van der Waals surface area contributed by atoms with Gasteiger partial charge in [0.25, 0.3) is 0 Å². The molecule has 1 fully saturated rings. The summed E-state index contributed by atoms with van der Waals surface area (Å²) in [6, 6.07) is 1.43. The van der Waals surface area contributed by atoms with E-state index in [0.717, 1.165) is 25.9 Å². The van der Waals surface area contributed by atoms with Gasteiger partial charge in [0.2, 0.25) is 0 Å². The number of hydrogen-bond donors (Lipinski definition) is 0. The molecule has 1 aliphatic rings. The molecule has 0 amide bonds. The molecule has 0 bridgehead atoms. The Morgan fingerprint density at radius 3 is 2.50 bits per heavy atom. The monoisotopic (exact) mass is 231 g/mol. The largest absolute Gasteiger partial charge is 0.394 e. The van der Waals surface area contributed by atoms with Gasteiger partial charge in [-0.2, -0.15) is 13.2 Å². The standard InChI is InChI=1S/C10H12F3N3/c11-10(12,13)6-8-5-9(15-7-14-8)16-3-1-2-4-16/h5,7H,1-4,6H2. The molecule has 1 aromatic heterocycles. The Labute approximate surface area is 91.3 Å². The second kappa shape index (κ2) is 4.27. The van der Waals surface area contributed by atoms with E-state index in [1.807, 2.05) is 4.90 Å². The van der Waals surface area contributed by atoms with Crippen molar-refractivity contribution in [1.29, 1.82) is 0 Å². The van der Waals surface area contributed by atoms with Crippen LogP contribution < -0.4 is 4.90 Å². The van der Waals surface area contributed by atoms with Crippen molar-refractivity contribution in [3.63, 3.8) is 0 Å². The first-order valence-electron chi connectivity index (χ1n) is 5.17. The summed E-state index contributed by atoms with van der Waals surface area (Å²) in [5, 5.41) is 0. The first-order valence-corrected chi connectivity index (χ1v) is 5.17. The molecule has 16 heavy (non-hydrogen) atoms. The molecule has 0 saturated carbocycles. The fourth-order valence-corrected chi connectivity index (χ4v) is 1.81. The Balaban J connectivity index is 2.12. The molecule has 0 spiro atoms. The predicted octanol–water partition coefficient (Wildman–Crippen LogP) is 2.18. The van der Waals surface area contributed by atoms with Crippen LogP contribution in [0.25, 0.3) is 0 Å². The summed E-state index contributed by atoms with van der Waals surface area (Å²) in [5.74, 6) is 0.603. The summed E-state index contributed by atoms with van der Waals surface area (Å²) < 4.78 is 36.5. The number of alkyl halides is 3. The van der Waals surface area contributed by atoms with Crippen LogP contribution in [0.2, 0.25) is 0 Å². The van der Waals surface area contributed by atoms with Crippen LogP contribution in [0.15, 0.2) is 12.4 Å². The van der Waals surface area contributed by atoms with Crippen molar-refractivity contribution in [3.8, 4) is 0 Å². The maximum Gasteiger partial charge on any atom is 0.394 e. The van der Waals surface area contributed by atoms with Crippen LogP contribution in [-0.2, 0) is 6.42 Å². The van der Waals surface area contributed by atoms with Gasteiger partial charge in [0.05, 0.1) is 12.1 Å². The third kappa shape index (κ3) is 2.84. The van der Waals surface area contributed by atoms with E-state index in [0.29, 0.717) is 5.82 Å². The normalized spacial score (nSPS) is 16.8. The molecule has 0 aromatic carbocycles. The molecular weight excluding hydrogens is 219 g/mol. The highest BCUT2D eigenvalue weighted by Crippen LogP contribution is 2.23. The Bertz CT molecular complexity index is 359. The minimum Gasteiger partial charge on any atom is -0.357 e. The predicted molar refractivity (Wildman–Crippen MR) is 53.2 cm³/mol. The SMILES string of the molecule is FC(F)(F)Cc1cc(N2CCCC2)ncn1. The first-order chi connectivity index (χ1) is 7.54. The summed E-state index contributed by atoms with van der Waals surface area (Å²) in [7, 11) is 0. The minimum atomic E-state index is -4.21. The van der Waals surface area contributed by atoms with Gasteiger partial charge in [-0.15, -0.1) is 0 Å². The lowest BCUT2D eigenvalue weighted by atomic mass is 10.3. The van der Waals surface area contributed by atoms with Crippen LogP contribution in [0.4, 0.5) is 19.0 Å². The van der Waals surface area contributed by atoms with Gasteiger partial charge in [-0.1, -0.05) is 0 Å². The molecule has 1 aliphatic heterocycles. The Morgan fingerprint density at radius 2 is 1.88 bits per heavy atom. The molecule has 0 radical (unpaired) electrons. The van der Waals surface area contributed by atoms with E-state index in [2.05, 4.69) is 9.97 Å². The van der Waals surface area contributed by atoms with Gasteiger partial charge >= 0.3 is 6.18 Å². The average Bonchev–Trinajstić information content (AvgIpc) is 2.68. The highest BCUT2D eigenvalue weighted by atomic mass is 19.4. The van der Waals surface area contributed by atoms with Gasteiger partial charge in [0.1, 0.15) is 12.1 Å². The Hall–Kier alpha value is -1.33. The maximum absolute atomic E-state index is 12.2. The zero-order valence-corrected chi connectivity index (χ0v) is 8.67. The van der Waals surface area contributed by atoms with E-state index in [1.165, 1.54) is 12.4 Å². The van der Waals surface area contributed by atoms with Crippen molar-refractivity contribution in [1.82, 2.24) is 9.97 Å². The maximum atomic E-state index is 12.2. The molecule has 0 atom stereocenters. The molecule has 88 valence electrons. The van der Waals surface area contributed by atoms with Crippen LogP contribution in [0.1, 0.15) is 18.5 Å². The third-order valence-corrected chi connectivity index (χ3v) is 2.52. The average molecular weight is 231 g/mol. The number of rotatable bonds is 2. The lowest BCUT2D eigenvalue weighted by Crippen LogP contribution is -2.20. The van der Waals surface area contributed by atoms with Crippen molar-refractivity contribution in [2.45, 2.75) is 25.4 Å². The zero-order chi connectivity index (χ0) is 11.6. The smallest absolute Gasteiger partial charge is 0.357 e. The van der Waals surface area contributed by atoms with E-state index < -0.39 is 12.6 Å². The van der Waals surface area contributed by atoms with Gasteiger partial charge in [0.15, 0.2) is 0 Å². The van der Waals surface area contributed by atoms with E-state index in [-0.39, 0.29) is 5.69 Å². The van der Waals surface area contributed by atoms with E-state index >= 15 is 0 Å². The fraction of sp³-hybridized carbons (Fsp3) is 0.600. The number of halogens is 3. The topological polar surface area (TPSA) is 29.0 Å². The highest BCUT2D eigenvalue weighted by Gasteiger charge is 2.28. The van der Waals surface area contributed by atoms with Crippen molar-refractivity contribution in [2.75, 3.05) is 18.0 Å². The van der Waals surface area contributed by atoms with Crippen LogP contribution in [0, 0.1) is 0 Å².